The standard InChI is InChI=1S/C21H21BrN2O6/c1-29-14-8-7-13(18(12-14)30-2)11-17(21(28)23-10-9-19(25)26)24-20(27)15-5-3-4-6-16(15)22/h3-8,11-12H,9-10H2,1-2H3,(H,23,28)(H,24,27)(H,25,26)/b17-11+. The molecule has 0 aliphatic heterocycles. The van der Waals surface area contributed by atoms with Crippen molar-refractivity contribution in [3.63, 3.8) is 0 Å². The van der Waals surface area contributed by atoms with E-state index >= 15 is 0 Å². The average Bonchev–Trinajstić information content (AvgIpc) is 2.73. The van der Waals surface area contributed by atoms with Gasteiger partial charge in [0, 0.05) is 22.6 Å². The van der Waals surface area contributed by atoms with Gasteiger partial charge in [0.05, 0.1) is 26.2 Å². The van der Waals surface area contributed by atoms with Crippen LogP contribution in [0.3, 0.4) is 0 Å². The molecule has 0 aliphatic rings. The molecule has 3 N–H and O–H groups in total. The van der Waals surface area contributed by atoms with E-state index in [4.69, 9.17) is 14.6 Å². The number of ether oxygens (including phenoxy) is 2. The van der Waals surface area contributed by atoms with Gasteiger partial charge in [-0.1, -0.05) is 12.1 Å². The van der Waals surface area contributed by atoms with E-state index in [0.717, 1.165) is 0 Å². The second-order valence-electron chi connectivity index (χ2n) is 6.00. The van der Waals surface area contributed by atoms with Crippen molar-refractivity contribution in [3.05, 3.63) is 63.8 Å². The molecule has 2 rings (SSSR count). The van der Waals surface area contributed by atoms with Crippen LogP contribution in [0.5, 0.6) is 11.5 Å². The number of halogens is 1. The molecule has 0 saturated carbocycles. The van der Waals surface area contributed by atoms with Crippen molar-refractivity contribution in [1.82, 2.24) is 10.6 Å². The van der Waals surface area contributed by atoms with E-state index in [-0.39, 0.29) is 18.7 Å². The van der Waals surface area contributed by atoms with Gasteiger partial charge in [0.25, 0.3) is 11.8 Å². The highest BCUT2D eigenvalue weighted by atomic mass is 79.9. The summed E-state index contributed by atoms with van der Waals surface area (Å²) in [7, 11) is 2.99. The van der Waals surface area contributed by atoms with Crippen LogP contribution in [0.25, 0.3) is 6.08 Å². The van der Waals surface area contributed by atoms with Crippen molar-refractivity contribution >= 4 is 39.8 Å². The number of carbonyl (C=O) groups is 3. The number of amides is 2. The number of hydrogen-bond acceptors (Lipinski definition) is 5. The fourth-order valence-corrected chi connectivity index (χ4v) is 2.93. The minimum atomic E-state index is -1.05. The largest absolute Gasteiger partial charge is 0.497 e. The zero-order chi connectivity index (χ0) is 22.1. The molecular weight excluding hydrogens is 456 g/mol. The van der Waals surface area contributed by atoms with Gasteiger partial charge in [-0.3, -0.25) is 14.4 Å². The minimum Gasteiger partial charge on any atom is -0.497 e. The van der Waals surface area contributed by atoms with Crippen molar-refractivity contribution < 1.29 is 29.0 Å². The quantitative estimate of drug-likeness (QED) is 0.479. The molecule has 158 valence electrons. The molecule has 30 heavy (non-hydrogen) atoms. The molecule has 8 nitrogen and oxygen atoms in total. The van der Waals surface area contributed by atoms with Crippen LogP contribution in [-0.4, -0.2) is 43.7 Å². The summed E-state index contributed by atoms with van der Waals surface area (Å²) in [5.41, 5.74) is 0.794. The second kappa shape index (κ2) is 11.0. The third-order valence-electron chi connectivity index (χ3n) is 3.98. The maximum Gasteiger partial charge on any atom is 0.305 e. The normalized spacial score (nSPS) is 10.8. The predicted molar refractivity (Wildman–Crippen MR) is 114 cm³/mol. The highest BCUT2D eigenvalue weighted by molar-refractivity contribution is 9.10. The number of nitrogens with one attached hydrogen (secondary N) is 2. The summed E-state index contributed by atoms with van der Waals surface area (Å²) in [6.07, 6.45) is 1.20. The Morgan fingerprint density at radius 1 is 1.10 bits per heavy atom. The minimum absolute atomic E-state index is 0.0652. The lowest BCUT2D eigenvalue weighted by Crippen LogP contribution is -2.36. The van der Waals surface area contributed by atoms with E-state index in [1.54, 1.807) is 42.5 Å². The smallest absolute Gasteiger partial charge is 0.305 e. The zero-order valence-electron chi connectivity index (χ0n) is 16.4. The molecule has 0 unspecified atom stereocenters. The summed E-state index contributed by atoms with van der Waals surface area (Å²) in [4.78, 5) is 36.1. The van der Waals surface area contributed by atoms with Gasteiger partial charge in [0.15, 0.2) is 0 Å². The van der Waals surface area contributed by atoms with Crippen LogP contribution in [0.2, 0.25) is 0 Å². The third kappa shape index (κ3) is 6.35. The van der Waals surface area contributed by atoms with E-state index in [2.05, 4.69) is 26.6 Å². The van der Waals surface area contributed by atoms with Gasteiger partial charge in [0.2, 0.25) is 0 Å². The Hall–Kier alpha value is -3.33. The van der Waals surface area contributed by atoms with Crippen LogP contribution in [0.15, 0.2) is 52.6 Å². The molecule has 2 aromatic carbocycles. The molecule has 0 atom stereocenters. The maximum atomic E-state index is 12.7. The maximum absolute atomic E-state index is 12.7. The molecule has 0 heterocycles. The number of methoxy groups -OCH3 is 2. The molecular formula is C21H21BrN2O6. The van der Waals surface area contributed by atoms with Crippen molar-refractivity contribution in [3.8, 4) is 11.5 Å². The van der Waals surface area contributed by atoms with E-state index in [9.17, 15) is 14.4 Å². The Morgan fingerprint density at radius 3 is 2.47 bits per heavy atom. The summed E-state index contributed by atoms with van der Waals surface area (Å²) >= 11 is 3.31. The van der Waals surface area contributed by atoms with Crippen molar-refractivity contribution in [2.24, 2.45) is 0 Å². The summed E-state index contributed by atoms with van der Waals surface area (Å²) in [5, 5.41) is 13.8. The molecule has 0 spiro atoms. The molecule has 0 saturated heterocycles. The van der Waals surface area contributed by atoms with Crippen LogP contribution >= 0.6 is 15.9 Å². The van der Waals surface area contributed by atoms with Crippen molar-refractivity contribution in [2.45, 2.75) is 6.42 Å². The number of rotatable bonds is 9. The van der Waals surface area contributed by atoms with E-state index < -0.39 is 17.8 Å². The Kier molecular flexibility index (Phi) is 8.42. The SMILES string of the molecule is COc1ccc(/C=C(/NC(=O)c2ccccc2Br)C(=O)NCCC(=O)O)c(OC)c1. The number of carboxylic acids is 1. The Bertz CT molecular complexity index is 974. The molecule has 0 aliphatic carbocycles. The lowest BCUT2D eigenvalue weighted by atomic mass is 10.1. The van der Waals surface area contributed by atoms with Gasteiger partial charge in [0.1, 0.15) is 17.2 Å². The van der Waals surface area contributed by atoms with Gasteiger partial charge < -0.3 is 25.2 Å². The Morgan fingerprint density at radius 2 is 1.83 bits per heavy atom. The van der Waals surface area contributed by atoms with Crippen molar-refractivity contribution in [1.29, 1.82) is 0 Å². The Labute approximate surface area is 182 Å². The lowest BCUT2D eigenvalue weighted by Gasteiger charge is -2.13. The van der Waals surface area contributed by atoms with Gasteiger partial charge >= 0.3 is 5.97 Å². The number of carbonyl (C=O) groups excluding carboxylic acids is 2. The lowest BCUT2D eigenvalue weighted by molar-refractivity contribution is -0.136. The van der Waals surface area contributed by atoms with E-state index in [0.29, 0.717) is 27.1 Å². The fraction of sp³-hybridized carbons (Fsp3) is 0.190. The molecule has 0 aromatic heterocycles. The first-order valence-electron chi connectivity index (χ1n) is 8.85. The zero-order valence-corrected chi connectivity index (χ0v) is 18.0. The van der Waals surface area contributed by atoms with E-state index in [1.165, 1.54) is 20.3 Å². The van der Waals surface area contributed by atoms with Crippen LogP contribution in [0, 0.1) is 0 Å². The summed E-state index contributed by atoms with van der Waals surface area (Å²) in [6.45, 7) is -0.0871. The highest BCUT2D eigenvalue weighted by Gasteiger charge is 2.17. The summed E-state index contributed by atoms with van der Waals surface area (Å²) < 4.78 is 11.1. The molecule has 0 radical (unpaired) electrons. The van der Waals surface area contributed by atoms with Crippen LogP contribution in [-0.2, 0) is 9.59 Å². The number of hydrogen-bond donors (Lipinski definition) is 3. The Balaban J connectivity index is 2.37. The van der Waals surface area contributed by atoms with Gasteiger partial charge in [-0.2, -0.15) is 0 Å². The molecule has 2 aromatic rings. The second-order valence-corrected chi connectivity index (χ2v) is 6.85. The van der Waals surface area contributed by atoms with E-state index in [1.807, 2.05) is 0 Å². The fourth-order valence-electron chi connectivity index (χ4n) is 2.46. The average molecular weight is 477 g/mol. The topological polar surface area (TPSA) is 114 Å². The summed E-state index contributed by atoms with van der Waals surface area (Å²) in [6, 6.07) is 11.8. The monoisotopic (exact) mass is 476 g/mol. The van der Waals surface area contributed by atoms with Gasteiger partial charge in [-0.05, 0) is 46.3 Å². The van der Waals surface area contributed by atoms with Gasteiger partial charge in [-0.25, -0.2) is 0 Å². The third-order valence-corrected chi connectivity index (χ3v) is 4.67. The van der Waals surface area contributed by atoms with Crippen molar-refractivity contribution in [2.75, 3.05) is 20.8 Å². The molecule has 2 amide bonds. The van der Waals surface area contributed by atoms with Crippen LogP contribution in [0.1, 0.15) is 22.3 Å². The number of carboxylic acid groups (broad SMARTS) is 1. The first-order valence-corrected chi connectivity index (χ1v) is 9.64. The molecule has 0 fully saturated rings. The highest BCUT2D eigenvalue weighted by Crippen LogP contribution is 2.26. The van der Waals surface area contributed by atoms with Crippen LogP contribution in [0.4, 0.5) is 0 Å². The number of benzene rings is 2. The number of aliphatic carboxylic acids is 1. The first kappa shape index (κ1) is 23.0. The first-order chi connectivity index (χ1) is 14.3. The predicted octanol–water partition coefficient (Wildman–Crippen LogP) is 2.83. The van der Waals surface area contributed by atoms with Gasteiger partial charge in [-0.15, -0.1) is 0 Å². The molecule has 0 bridgehead atoms. The van der Waals surface area contributed by atoms with Crippen LogP contribution < -0.4 is 20.1 Å². The summed E-state index contributed by atoms with van der Waals surface area (Å²) in [5.74, 6) is -1.19. The molecule has 9 heteroatoms.